The van der Waals surface area contributed by atoms with E-state index in [0.717, 1.165) is 34.9 Å². The molecule has 260 valence electrons. The van der Waals surface area contributed by atoms with Gasteiger partial charge in [-0.15, -0.1) is 10.2 Å². The van der Waals surface area contributed by atoms with Gasteiger partial charge in [-0.2, -0.15) is 5.10 Å². The number of benzene rings is 3. The van der Waals surface area contributed by atoms with Crippen LogP contribution in [0.5, 0.6) is 11.5 Å². The first-order chi connectivity index (χ1) is 23.9. The van der Waals surface area contributed by atoms with Gasteiger partial charge < -0.3 is 24.8 Å². The summed E-state index contributed by atoms with van der Waals surface area (Å²) < 4.78 is 10.0. The average Bonchev–Trinajstić information content (AvgIpc) is 3.81. The maximum absolute atomic E-state index is 13.4. The topological polar surface area (TPSA) is 143 Å². The van der Waals surface area contributed by atoms with Crippen molar-refractivity contribution in [2.45, 2.75) is 65.1 Å². The Kier molecular flexibility index (Phi) is 9.02. The molecule has 0 saturated carbocycles. The maximum atomic E-state index is 13.4. The lowest BCUT2D eigenvalue weighted by molar-refractivity contribution is 0.160. The van der Waals surface area contributed by atoms with Crippen molar-refractivity contribution in [3.05, 3.63) is 93.9 Å². The predicted molar refractivity (Wildman–Crippen MR) is 192 cm³/mol. The van der Waals surface area contributed by atoms with Gasteiger partial charge in [-0.1, -0.05) is 50.1 Å². The number of nitrogens with one attached hydrogen (secondary N) is 2. The van der Waals surface area contributed by atoms with Gasteiger partial charge in [0, 0.05) is 47.4 Å². The first-order valence-corrected chi connectivity index (χ1v) is 17.2. The van der Waals surface area contributed by atoms with Crippen LogP contribution in [-0.4, -0.2) is 65.4 Å². The normalized spacial score (nSPS) is 15.8. The summed E-state index contributed by atoms with van der Waals surface area (Å²) in [5, 5.41) is 41.3. The van der Waals surface area contributed by atoms with Crippen LogP contribution in [0.15, 0.2) is 60.7 Å². The van der Waals surface area contributed by atoms with Crippen molar-refractivity contribution in [3.8, 4) is 28.6 Å². The molecule has 0 radical (unpaired) electrons. The fourth-order valence-corrected chi connectivity index (χ4v) is 6.68. The predicted octanol–water partition coefficient (Wildman–Crippen LogP) is 6.61. The van der Waals surface area contributed by atoms with Crippen LogP contribution in [0.3, 0.4) is 0 Å². The Labute approximate surface area is 295 Å². The second-order valence-corrected chi connectivity index (χ2v) is 14.4. The lowest BCUT2D eigenvalue weighted by atomic mass is 9.92. The van der Waals surface area contributed by atoms with Gasteiger partial charge in [0.15, 0.2) is 5.82 Å². The monoisotopic (exact) mass is 696 g/mol. The van der Waals surface area contributed by atoms with E-state index in [9.17, 15) is 15.0 Å². The van der Waals surface area contributed by atoms with Crippen molar-refractivity contribution in [2.24, 2.45) is 0 Å². The van der Waals surface area contributed by atoms with Gasteiger partial charge in [0.25, 0.3) is 0 Å². The van der Waals surface area contributed by atoms with E-state index in [1.54, 1.807) is 22.9 Å². The van der Waals surface area contributed by atoms with E-state index in [-0.39, 0.29) is 11.2 Å². The molecule has 0 saturated heterocycles. The first-order valence-electron chi connectivity index (χ1n) is 16.8. The van der Waals surface area contributed by atoms with Gasteiger partial charge >= 0.3 is 6.03 Å². The smallest absolute Gasteiger partial charge is 0.324 e. The van der Waals surface area contributed by atoms with Crippen LogP contribution in [0.25, 0.3) is 17.1 Å². The van der Waals surface area contributed by atoms with Crippen LogP contribution >= 0.6 is 11.6 Å². The number of amides is 2. The molecule has 4 N–H and O–H groups in total. The van der Waals surface area contributed by atoms with Crippen molar-refractivity contribution in [2.75, 3.05) is 30.3 Å². The SMILES string of the molecule is Cc1ccc(-n2nc(C(C)(C)C)cc2NC(=O)Nc2ccc(OCCN3CCn4c(nnc4-c4cc(Cl)ccc4O)C3)c3c2CCC3O)cc1. The number of aliphatic hydroxyl groups excluding tert-OH is 1. The minimum absolute atomic E-state index is 0.109. The number of aliphatic hydroxyl groups is 1. The summed E-state index contributed by atoms with van der Waals surface area (Å²) >= 11 is 6.16. The standard InChI is InChI=1S/C37H41ClN8O4/c1-22-5-8-24(9-6-22)46-32(20-31(43-46)37(2,3)4)40-36(49)39-27-11-14-30(34-25(27)10-13-29(34)48)50-18-17-44-15-16-45-33(21-44)41-42-35(45)26-19-23(38)7-12-28(26)47/h5-9,11-12,14,19-20,29,47-48H,10,13,15-18,21H2,1-4H3,(H2,39,40,49). The number of rotatable bonds is 8. The van der Waals surface area contributed by atoms with E-state index >= 15 is 0 Å². The summed E-state index contributed by atoms with van der Waals surface area (Å²) in [5.74, 6) is 2.67. The molecule has 2 aromatic heterocycles. The number of phenolic OH excluding ortho intramolecular Hbond substituents is 1. The molecular formula is C37H41ClN8O4. The van der Waals surface area contributed by atoms with E-state index in [0.29, 0.717) is 78.3 Å². The van der Waals surface area contributed by atoms with Crippen molar-refractivity contribution in [1.82, 2.24) is 29.4 Å². The van der Waals surface area contributed by atoms with Gasteiger partial charge in [0.1, 0.15) is 29.7 Å². The fourth-order valence-electron chi connectivity index (χ4n) is 6.51. The zero-order valence-electron chi connectivity index (χ0n) is 28.6. The van der Waals surface area contributed by atoms with E-state index < -0.39 is 12.1 Å². The first kappa shape index (κ1) is 33.6. The highest BCUT2D eigenvalue weighted by Crippen LogP contribution is 2.42. The summed E-state index contributed by atoms with van der Waals surface area (Å²) in [6.07, 6.45) is 0.482. The van der Waals surface area contributed by atoms with Crippen LogP contribution < -0.4 is 15.4 Å². The van der Waals surface area contributed by atoms with Gasteiger partial charge in [0.2, 0.25) is 0 Å². The molecule has 3 heterocycles. The molecule has 0 spiro atoms. The van der Waals surface area contributed by atoms with Crippen LogP contribution in [-0.2, 0) is 24.9 Å². The number of halogens is 1. The van der Waals surface area contributed by atoms with Crippen LogP contribution in [0, 0.1) is 6.92 Å². The summed E-state index contributed by atoms with van der Waals surface area (Å²) in [7, 11) is 0. The van der Waals surface area contributed by atoms with Crippen LogP contribution in [0.1, 0.15) is 61.5 Å². The Balaban J connectivity index is 1.01. The Morgan fingerprint density at radius 1 is 1.04 bits per heavy atom. The number of carbonyl (C=O) groups excluding carboxylic acids is 1. The minimum Gasteiger partial charge on any atom is -0.507 e. The van der Waals surface area contributed by atoms with E-state index in [4.69, 9.17) is 21.4 Å². The maximum Gasteiger partial charge on any atom is 0.324 e. The molecule has 1 atom stereocenters. The van der Waals surface area contributed by atoms with Gasteiger partial charge in [0.05, 0.1) is 29.6 Å². The van der Waals surface area contributed by atoms with E-state index in [1.165, 1.54) is 0 Å². The molecule has 5 aromatic rings. The highest BCUT2D eigenvalue weighted by Gasteiger charge is 2.29. The Hall–Kier alpha value is -4.91. The summed E-state index contributed by atoms with van der Waals surface area (Å²) in [6.45, 7) is 11.3. The molecule has 50 heavy (non-hydrogen) atoms. The summed E-state index contributed by atoms with van der Waals surface area (Å²) in [5.41, 5.74) is 5.40. The number of nitrogens with zero attached hydrogens (tertiary/aromatic N) is 6. The van der Waals surface area contributed by atoms with Gasteiger partial charge in [-0.05, 0) is 67.8 Å². The number of phenols is 1. The Morgan fingerprint density at radius 3 is 2.62 bits per heavy atom. The second kappa shape index (κ2) is 13.4. The summed E-state index contributed by atoms with van der Waals surface area (Å²) in [4.78, 5) is 15.6. The molecule has 1 aliphatic heterocycles. The highest BCUT2D eigenvalue weighted by atomic mass is 35.5. The quantitative estimate of drug-likeness (QED) is 0.142. The molecule has 1 unspecified atom stereocenters. The lowest BCUT2D eigenvalue weighted by Crippen LogP contribution is -2.36. The number of aryl methyl sites for hydroxylation is 1. The average molecular weight is 697 g/mol. The molecule has 13 heteroatoms. The molecule has 3 aromatic carbocycles. The van der Waals surface area contributed by atoms with E-state index in [1.807, 2.05) is 54.0 Å². The third kappa shape index (κ3) is 6.78. The number of aromatic hydroxyl groups is 1. The summed E-state index contributed by atoms with van der Waals surface area (Å²) in [6, 6.07) is 18.0. The third-order valence-electron chi connectivity index (χ3n) is 9.26. The molecule has 1 aliphatic carbocycles. The fraction of sp³-hybridized carbons (Fsp3) is 0.351. The minimum atomic E-state index is -0.683. The number of fused-ring (bicyclic) bond motifs is 2. The third-order valence-corrected chi connectivity index (χ3v) is 9.50. The molecule has 2 aliphatic rings. The lowest BCUT2D eigenvalue weighted by Gasteiger charge is -2.28. The largest absolute Gasteiger partial charge is 0.507 e. The number of anilines is 2. The van der Waals surface area contributed by atoms with Crippen molar-refractivity contribution >= 4 is 29.1 Å². The zero-order valence-corrected chi connectivity index (χ0v) is 29.3. The molecule has 2 amide bonds. The molecule has 0 fully saturated rings. The molecule has 7 rings (SSSR count). The van der Waals surface area contributed by atoms with Crippen LogP contribution in [0.2, 0.25) is 5.02 Å². The second-order valence-electron chi connectivity index (χ2n) is 13.9. The Morgan fingerprint density at radius 2 is 1.84 bits per heavy atom. The number of hydrogen-bond acceptors (Lipinski definition) is 8. The molecule has 0 bridgehead atoms. The zero-order chi connectivity index (χ0) is 35.2. The van der Waals surface area contributed by atoms with Crippen molar-refractivity contribution < 1.29 is 19.7 Å². The molecule has 12 nitrogen and oxygen atoms in total. The highest BCUT2D eigenvalue weighted by molar-refractivity contribution is 6.30. The number of aromatic nitrogens is 5. The van der Waals surface area contributed by atoms with Crippen molar-refractivity contribution in [3.63, 3.8) is 0 Å². The van der Waals surface area contributed by atoms with E-state index in [2.05, 4.69) is 46.5 Å². The van der Waals surface area contributed by atoms with Crippen LogP contribution in [0.4, 0.5) is 16.3 Å². The van der Waals surface area contributed by atoms with Crippen molar-refractivity contribution in [1.29, 1.82) is 0 Å². The Bertz CT molecular complexity index is 2050. The molecular weight excluding hydrogens is 656 g/mol. The number of ether oxygens (including phenoxy) is 1. The van der Waals surface area contributed by atoms with Gasteiger partial charge in [-0.25, -0.2) is 9.48 Å². The van der Waals surface area contributed by atoms with Gasteiger partial charge in [-0.3, -0.25) is 10.2 Å². The number of hydrogen-bond donors (Lipinski definition) is 4. The number of carbonyl (C=O) groups is 1. The number of urea groups is 1.